The first-order chi connectivity index (χ1) is 14.5. The average molecular weight is 425 g/mol. The van der Waals surface area contributed by atoms with Crippen LogP contribution in [0.2, 0.25) is 0 Å². The van der Waals surface area contributed by atoms with Gasteiger partial charge in [0.1, 0.15) is 0 Å². The summed E-state index contributed by atoms with van der Waals surface area (Å²) in [5.41, 5.74) is 5.01. The van der Waals surface area contributed by atoms with Crippen LogP contribution in [0.3, 0.4) is 0 Å². The van der Waals surface area contributed by atoms with Crippen molar-refractivity contribution in [2.45, 2.75) is 20.4 Å². The van der Waals surface area contributed by atoms with Crippen molar-refractivity contribution in [3.05, 3.63) is 47.5 Å². The van der Waals surface area contributed by atoms with Gasteiger partial charge in [-0.25, -0.2) is 9.97 Å². The van der Waals surface area contributed by atoms with Crippen LogP contribution in [0.15, 0.2) is 36.2 Å². The van der Waals surface area contributed by atoms with Gasteiger partial charge in [-0.05, 0) is 44.6 Å². The van der Waals surface area contributed by atoms with Crippen molar-refractivity contribution < 1.29 is 0 Å². The van der Waals surface area contributed by atoms with E-state index in [1.807, 2.05) is 25.5 Å². The summed E-state index contributed by atoms with van der Waals surface area (Å²) in [6.45, 7) is 8.32. The molecule has 0 fully saturated rings. The zero-order valence-corrected chi connectivity index (χ0v) is 18.7. The van der Waals surface area contributed by atoms with E-state index in [1.165, 1.54) is 5.56 Å². The van der Waals surface area contributed by atoms with Gasteiger partial charge in [-0.2, -0.15) is 5.10 Å². The standard InChI is InChI=1S/C21H28N8S/c1-5-28(7-6-27(3)4)13-16-8-19(30-14-16)26-20-21-22-11-18(17-9-23-24-10-17)29(21)12-15(2)25-20/h8-12,14H,5-7,13H2,1-4H3,(H,23,24)(H,25,26). The molecule has 4 aromatic rings. The van der Waals surface area contributed by atoms with E-state index < -0.39 is 0 Å². The molecule has 0 spiro atoms. The van der Waals surface area contributed by atoms with Crippen molar-refractivity contribution in [2.75, 3.05) is 39.0 Å². The molecule has 0 saturated heterocycles. The van der Waals surface area contributed by atoms with Crippen LogP contribution in [0.4, 0.5) is 10.8 Å². The molecule has 4 aromatic heterocycles. The van der Waals surface area contributed by atoms with E-state index in [9.17, 15) is 0 Å². The Morgan fingerprint density at radius 2 is 2.10 bits per heavy atom. The zero-order valence-electron chi connectivity index (χ0n) is 17.9. The molecule has 30 heavy (non-hydrogen) atoms. The number of thiophene rings is 1. The first-order valence-electron chi connectivity index (χ1n) is 10.1. The van der Waals surface area contributed by atoms with Gasteiger partial charge in [-0.1, -0.05) is 6.92 Å². The van der Waals surface area contributed by atoms with Crippen LogP contribution < -0.4 is 5.32 Å². The summed E-state index contributed by atoms with van der Waals surface area (Å²) in [6.07, 6.45) is 7.52. The van der Waals surface area contributed by atoms with Crippen LogP contribution in [-0.4, -0.2) is 68.1 Å². The second-order valence-electron chi connectivity index (χ2n) is 7.67. The quantitative estimate of drug-likeness (QED) is 0.427. The van der Waals surface area contributed by atoms with Gasteiger partial charge in [0.05, 0.1) is 28.8 Å². The Labute approximate surface area is 180 Å². The number of hydrogen-bond donors (Lipinski definition) is 2. The number of fused-ring (bicyclic) bond motifs is 1. The lowest BCUT2D eigenvalue weighted by Crippen LogP contribution is -2.31. The summed E-state index contributed by atoms with van der Waals surface area (Å²) in [7, 11) is 4.23. The second kappa shape index (κ2) is 8.95. The second-order valence-corrected chi connectivity index (χ2v) is 8.58. The maximum absolute atomic E-state index is 4.70. The topological polar surface area (TPSA) is 77.4 Å². The minimum Gasteiger partial charge on any atom is -0.329 e. The summed E-state index contributed by atoms with van der Waals surface area (Å²) in [4.78, 5) is 14.0. The molecule has 158 valence electrons. The van der Waals surface area contributed by atoms with Crippen molar-refractivity contribution in [3.63, 3.8) is 0 Å². The van der Waals surface area contributed by atoms with Gasteiger partial charge in [0.15, 0.2) is 11.5 Å². The van der Waals surface area contributed by atoms with Crippen LogP contribution in [0.1, 0.15) is 18.2 Å². The molecule has 4 rings (SSSR count). The van der Waals surface area contributed by atoms with Gasteiger partial charge in [-0.15, -0.1) is 11.3 Å². The molecule has 4 heterocycles. The molecule has 0 aliphatic carbocycles. The Morgan fingerprint density at radius 1 is 1.23 bits per heavy atom. The molecule has 8 nitrogen and oxygen atoms in total. The average Bonchev–Trinajstić information content (AvgIpc) is 3.45. The normalized spacial score (nSPS) is 11.8. The molecule has 0 aromatic carbocycles. The van der Waals surface area contributed by atoms with Crippen LogP contribution in [0.25, 0.3) is 16.9 Å². The fourth-order valence-corrected chi connectivity index (χ4v) is 4.18. The minimum absolute atomic E-state index is 0.762. The van der Waals surface area contributed by atoms with Crippen molar-refractivity contribution in [2.24, 2.45) is 0 Å². The number of aromatic nitrogens is 5. The van der Waals surface area contributed by atoms with E-state index in [1.54, 1.807) is 17.5 Å². The van der Waals surface area contributed by atoms with E-state index in [0.717, 1.165) is 59.6 Å². The van der Waals surface area contributed by atoms with E-state index >= 15 is 0 Å². The Bertz CT molecular complexity index is 1100. The highest BCUT2D eigenvalue weighted by Gasteiger charge is 2.14. The predicted octanol–water partition coefficient (Wildman–Crippen LogP) is 3.62. The van der Waals surface area contributed by atoms with Gasteiger partial charge in [0, 0.05) is 37.6 Å². The van der Waals surface area contributed by atoms with Crippen LogP contribution in [-0.2, 0) is 6.54 Å². The summed E-state index contributed by atoms with van der Waals surface area (Å²) in [5, 5.41) is 13.7. The van der Waals surface area contributed by atoms with Crippen LogP contribution in [0.5, 0.6) is 0 Å². The highest BCUT2D eigenvalue weighted by Crippen LogP contribution is 2.29. The predicted molar refractivity (Wildman–Crippen MR) is 122 cm³/mol. The van der Waals surface area contributed by atoms with Crippen molar-refractivity contribution in [3.8, 4) is 11.3 Å². The van der Waals surface area contributed by atoms with E-state index in [-0.39, 0.29) is 0 Å². The van der Waals surface area contributed by atoms with Gasteiger partial charge >= 0.3 is 0 Å². The molecule has 0 amide bonds. The highest BCUT2D eigenvalue weighted by molar-refractivity contribution is 7.14. The number of nitrogens with one attached hydrogen (secondary N) is 2. The number of aromatic amines is 1. The number of aryl methyl sites for hydroxylation is 1. The third kappa shape index (κ3) is 4.53. The summed E-state index contributed by atoms with van der Waals surface area (Å²) < 4.78 is 2.06. The maximum Gasteiger partial charge on any atom is 0.180 e. The van der Waals surface area contributed by atoms with Crippen molar-refractivity contribution >= 4 is 27.8 Å². The molecule has 0 unspecified atom stereocenters. The fourth-order valence-electron chi connectivity index (χ4n) is 3.39. The SMILES string of the molecule is CCN(CCN(C)C)Cc1csc(Nc2nc(C)cn3c(-c4cn[nH]c4)cnc23)c1. The van der Waals surface area contributed by atoms with Crippen molar-refractivity contribution in [1.82, 2.24) is 34.4 Å². The van der Waals surface area contributed by atoms with Gasteiger partial charge in [0.2, 0.25) is 0 Å². The molecule has 0 saturated carbocycles. The molecule has 0 atom stereocenters. The zero-order chi connectivity index (χ0) is 21.1. The lowest BCUT2D eigenvalue weighted by molar-refractivity contribution is 0.244. The number of nitrogens with zero attached hydrogens (tertiary/aromatic N) is 6. The third-order valence-corrected chi connectivity index (χ3v) is 5.91. The van der Waals surface area contributed by atoms with E-state index in [4.69, 9.17) is 4.98 Å². The molecule has 0 bridgehead atoms. The number of hydrogen-bond acceptors (Lipinski definition) is 7. The van der Waals surface area contributed by atoms with Gasteiger partial charge in [0.25, 0.3) is 0 Å². The molecule has 0 aliphatic heterocycles. The first-order valence-corrected chi connectivity index (χ1v) is 11.0. The number of H-pyrrole nitrogens is 1. The molecule has 0 radical (unpaired) electrons. The summed E-state index contributed by atoms with van der Waals surface area (Å²) >= 11 is 1.70. The van der Waals surface area contributed by atoms with Gasteiger partial charge in [-0.3, -0.25) is 14.4 Å². The lowest BCUT2D eigenvalue weighted by atomic mass is 10.3. The maximum atomic E-state index is 4.70. The van der Waals surface area contributed by atoms with Crippen LogP contribution in [0, 0.1) is 6.92 Å². The van der Waals surface area contributed by atoms with E-state index in [0.29, 0.717) is 0 Å². The largest absolute Gasteiger partial charge is 0.329 e. The monoisotopic (exact) mass is 424 g/mol. The lowest BCUT2D eigenvalue weighted by Gasteiger charge is -2.21. The Kier molecular flexibility index (Phi) is 6.12. The number of anilines is 2. The first kappa shape index (κ1) is 20.5. The van der Waals surface area contributed by atoms with Crippen molar-refractivity contribution in [1.29, 1.82) is 0 Å². The smallest absolute Gasteiger partial charge is 0.180 e. The number of likely N-dealkylation sites (N-methyl/N-ethyl adjacent to an activating group) is 2. The van der Waals surface area contributed by atoms with E-state index in [2.05, 4.69) is 67.2 Å². The Hall–Kier alpha value is -2.75. The number of imidazole rings is 1. The third-order valence-electron chi connectivity index (χ3n) is 5.02. The minimum atomic E-state index is 0.762. The highest BCUT2D eigenvalue weighted by atomic mass is 32.1. The molecular weight excluding hydrogens is 396 g/mol. The Morgan fingerprint density at radius 3 is 2.83 bits per heavy atom. The molecular formula is C21H28N8S. The van der Waals surface area contributed by atoms with Crippen LogP contribution >= 0.6 is 11.3 Å². The number of rotatable bonds is 9. The molecule has 2 N–H and O–H groups in total. The van der Waals surface area contributed by atoms with Gasteiger partial charge < -0.3 is 10.2 Å². The Balaban J connectivity index is 1.54. The summed E-state index contributed by atoms with van der Waals surface area (Å²) in [5.74, 6) is 0.762. The fraction of sp³-hybridized carbons (Fsp3) is 0.381. The molecule has 9 heteroatoms. The molecule has 0 aliphatic rings. The summed E-state index contributed by atoms with van der Waals surface area (Å²) in [6, 6.07) is 2.21.